The first kappa shape index (κ1) is 10.2. The largest absolute Gasteiger partial charge is 0.462 e. The number of ether oxygens (including phenoxy) is 1. The quantitative estimate of drug-likeness (QED) is 0.725. The van der Waals surface area contributed by atoms with Gasteiger partial charge >= 0.3 is 5.97 Å². The molecule has 0 amide bonds. The second-order valence-corrected chi connectivity index (χ2v) is 4.33. The summed E-state index contributed by atoms with van der Waals surface area (Å²) in [5, 5.41) is 1.14. The molecule has 0 radical (unpaired) electrons. The maximum atomic E-state index is 11.6. The fourth-order valence-electron chi connectivity index (χ4n) is 1.57. The van der Waals surface area contributed by atoms with E-state index in [0.717, 1.165) is 20.5 Å². The summed E-state index contributed by atoms with van der Waals surface area (Å²) in [7, 11) is 0. The third-order valence-electron chi connectivity index (χ3n) is 2.30. The molecule has 3 heteroatoms. The fraction of sp³-hybridized carbons (Fsp3) is 0.250. The van der Waals surface area contributed by atoms with Crippen LogP contribution in [0.25, 0.3) is 10.1 Å². The molecule has 0 atom stereocenters. The van der Waals surface area contributed by atoms with Gasteiger partial charge in [-0.15, -0.1) is 11.3 Å². The Morgan fingerprint density at radius 2 is 2.13 bits per heavy atom. The number of carbonyl (C=O) groups excluding carboxylic acids is 1. The maximum absolute atomic E-state index is 11.6. The van der Waals surface area contributed by atoms with Crippen LogP contribution in [0.1, 0.15) is 22.2 Å². The third kappa shape index (κ3) is 1.75. The first-order chi connectivity index (χ1) is 7.24. The highest BCUT2D eigenvalue weighted by Gasteiger charge is 2.15. The van der Waals surface area contributed by atoms with Crippen molar-refractivity contribution in [3.63, 3.8) is 0 Å². The average molecular weight is 220 g/mol. The highest BCUT2D eigenvalue weighted by Crippen LogP contribution is 2.30. The van der Waals surface area contributed by atoms with Crippen molar-refractivity contribution in [2.24, 2.45) is 0 Å². The van der Waals surface area contributed by atoms with Gasteiger partial charge in [-0.3, -0.25) is 0 Å². The normalized spacial score (nSPS) is 10.5. The molecule has 0 spiro atoms. The monoisotopic (exact) mass is 220 g/mol. The Hall–Kier alpha value is -1.35. The highest BCUT2D eigenvalue weighted by atomic mass is 32.1. The van der Waals surface area contributed by atoms with Gasteiger partial charge in [-0.1, -0.05) is 18.2 Å². The number of aryl methyl sites for hydroxylation is 1. The van der Waals surface area contributed by atoms with E-state index in [-0.39, 0.29) is 5.97 Å². The molecule has 0 unspecified atom stereocenters. The summed E-state index contributed by atoms with van der Waals surface area (Å²) in [4.78, 5) is 12.3. The number of rotatable bonds is 2. The summed E-state index contributed by atoms with van der Waals surface area (Å²) in [6.45, 7) is 4.21. The molecular weight excluding hydrogens is 208 g/mol. The summed E-state index contributed by atoms with van der Waals surface area (Å²) in [6.07, 6.45) is 0. The molecule has 0 fully saturated rings. The van der Waals surface area contributed by atoms with Crippen LogP contribution in [0.5, 0.6) is 0 Å². The van der Waals surface area contributed by atoms with Gasteiger partial charge in [0.05, 0.1) is 6.61 Å². The predicted molar refractivity (Wildman–Crippen MR) is 62.5 cm³/mol. The smallest absolute Gasteiger partial charge is 0.348 e. The molecule has 15 heavy (non-hydrogen) atoms. The molecule has 1 heterocycles. The van der Waals surface area contributed by atoms with Crippen molar-refractivity contribution >= 4 is 27.4 Å². The SMILES string of the molecule is CCOC(=O)c1sc2ccccc2c1C. The number of hydrogen-bond donors (Lipinski definition) is 0. The Morgan fingerprint density at radius 1 is 1.40 bits per heavy atom. The zero-order chi connectivity index (χ0) is 10.8. The summed E-state index contributed by atoms with van der Waals surface area (Å²) in [5.41, 5.74) is 1.02. The van der Waals surface area contributed by atoms with Gasteiger partial charge in [-0.25, -0.2) is 4.79 Å². The van der Waals surface area contributed by atoms with Crippen LogP contribution >= 0.6 is 11.3 Å². The molecule has 0 aliphatic carbocycles. The van der Waals surface area contributed by atoms with Gasteiger partial charge in [-0.2, -0.15) is 0 Å². The standard InChI is InChI=1S/C12H12O2S/c1-3-14-12(13)11-8(2)9-6-4-5-7-10(9)15-11/h4-7H,3H2,1-2H3. The molecular formula is C12H12O2S. The van der Waals surface area contributed by atoms with E-state index >= 15 is 0 Å². The van der Waals surface area contributed by atoms with Gasteiger partial charge in [-0.05, 0) is 30.9 Å². The van der Waals surface area contributed by atoms with Crippen molar-refractivity contribution in [3.05, 3.63) is 34.7 Å². The van der Waals surface area contributed by atoms with Crippen molar-refractivity contribution in [3.8, 4) is 0 Å². The highest BCUT2D eigenvalue weighted by molar-refractivity contribution is 7.21. The van der Waals surface area contributed by atoms with E-state index < -0.39 is 0 Å². The number of esters is 1. The van der Waals surface area contributed by atoms with E-state index in [9.17, 15) is 4.79 Å². The van der Waals surface area contributed by atoms with Crippen molar-refractivity contribution in [2.75, 3.05) is 6.61 Å². The second kappa shape index (κ2) is 4.03. The predicted octanol–water partition coefficient (Wildman–Crippen LogP) is 3.39. The lowest BCUT2D eigenvalue weighted by Gasteiger charge is -1.99. The molecule has 2 rings (SSSR count). The molecule has 0 aliphatic rings. The van der Waals surface area contributed by atoms with Crippen molar-refractivity contribution in [1.82, 2.24) is 0 Å². The van der Waals surface area contributed by atoms with Crippen LogP contribution in [0.2, 0.25) is 0 Å². The molecule has 0 N–H and O–H groups in total. The molecule has 0 saturated heterocycles. The second-order valence-electron chi connectivity index (χ2n) is 3.27. The van der Waals surface area contributed by atoms with Crippen molar-refractivity contribution in [1.29, 1.82) is 0 Å². The van der Waals surface area contributed by atoms with Crippen molar-refractivity contribution in [2.45, 2.75) is 13.8 Å². The molecule has 0 bridgehead atoms. The first-order valence-electron chi connectivity index (χ1n) is 4.89. The van der Waals surface area contributed by atoms with Crippen LogP contribution in [0, 0.1) is 6.92 Å². The van der Waals surface area contributed by atoms with Crippen LogP contribution in [0.15, 0.2) is 24.3 Å². The Balaban J connectivity index is 2.53. The molecule has 0 saturated carbocycles. The zero-order valence-electron chi connectivity index (χ0n) is 8.74. The number of benzene rings is 1. The van der Waals surface area contributed by atoms with Gasteiger partial charge in [0, 0.05) is 4.70 Å². The summed E-state index contributed by atoms with van der Waals surface area (Å²) in [6, 6.07) is 8.02. The van der Waals surface area contributed by atoms with Gasteiger partial charge in [0.2, 0.25) is 0 Å². The van der Waals surface area contributed by atoms with E-state index in [4.69, 9.17) is 4.74 Å². The third-order valence-corrected chi connectivity index (χ3v) is 3.56. The molecule has 1 aromatic carbocycles. The minimum atomic E-state index is -0.212. The lowest BCUT2D eigenvalue weighted by atomic mass is 10.1. The maximum Gasteiger partial charge on any atom is 0.348 e. The van der Waals surface area contributed by atoms with Crippen LogP contribution in [-0.2, 0) is 4.74 Å². The number of fused-ring (bicyclic) bond motifs is 1. The topological polar surface area (TPSA) is 26.3 Å². The molecule has 2 aromatic rings. The van der Waals surface area contributed by atoms with Crippen LogP contribution in [0.4, 0.5) is 0 Å². The Bertz CT molecular complexity index is 499. The van der Waals surface area contributed by atoms with Gasteiger partial charge in [0.15, 0.2) is 0 Å². The van der Waals surface area contributed by atoms with E-state index in [1.807, 2.05) is 38.1 Å². The van der Waals surface area contributed by atoms with Crippen LogP contribution in [0.3, 0.4) is 0 Å². The van der Waals surface area contributed by atoms with E-state index in [1.54, 1.807) is 0 Å². The van der Waals surface area contributed by atoms with Gasteiger partial charge in [0.25, 0.3) is 0 Å². The summed E-state index contributed by atoms with van der Waals surface area (Å²) >= 11 is 1.50. The van der Waals surface area contributed by atoms with Gasteiger partial charge < -0.3 is 4.74 Å². The summed E-state index contributed by atoms with van der Waals surface area (Å²) < 4.78 is 6.15. The van der Waals surface area contributed by atoms with Crippen molar-refractivity contribution < 1.29 is 9.53 Å². The Morgan fingerprint density at radius 3 is 2.80 bits per heavy atom. The molecule has 1 aromatic heterocycles. The minimum absolute atomic E-state index is 0.212. The molecule has 0 aliphatic heterocycles. The summed E-state index contributed by atoms with van der Waals surface area (Å²) in [5.74, 6) is -0.212. The number of hydrogen-bond acceptors (Lipinski definition) is 3. The zero-order valence-corrected chi connectivity index (χ0v) is 9.56. The minimum Gasteiger partial charge on any atom is -0.462 e. The average Bonchev–Trinajstić information content (AvgIpc) is 2.57. The van der Waals surface area contributed by atoms with E-state index in [0.29, 0.717) is 6.61 Å². The lowest BCUT2D eigenvalue weighted by Crippen LogP contribution is -2.03. The van der Waals surface area contributed by atoms with Crippen LogP contribution in [-0.4, -0.2) is 12.6 Å². The number of thiophene rings is 1. The van der Waals surface area contributed by atoms with E-state index in [2.05, 4.69) is 0 Å². The lowest BCUT2D eigenvalue weighted by molar-refractivity contribution is 0.0531. The van der Waals surface area contributed by atoms with Crippen LogP contribution < -0.4 is 0 Å². The fourth-order valence-corrected chi connectivity index (χ4v) is 2.67. The molecule has 2 nitrogen and oxygen atoms in total. The molecule has 78 valence electrons. The Kier molecular flexibility index (Phi) is 2.73. The van der Waals surface area contributed by atoms with Gasteiger partial charge in [0.1, 0.15) is 4.88 Å². The van der Waals surface area contributed by atoms with E-state index in [1.165, 1.54) is 11.3 Å². The number of carbonyl (C=O) groups is 1. The first-order valence-corrected chi connectivity index (χ1v) is 5.71. The Labute approximate surface area is 92.5 Å².